The van der Waals surface area contributed by atoms with Gasteiger partial charge in [0.25, 0.3) is 5.91 Å². The van der Waals surface area contributed by atoms with Crippen LogP contribution in [0.1, 0.15) is 29.3 Å². The van der Waals surface area contributed by atoms with Crippen molar-refractivity contribution in [3.63, 3.8) is 0 Å². The van der Waals surface area contributed by atoms with E-state index in [0.29, 0.717) is 38.2 Å². The predicted octanol–water partition coefficient (Wildman–Crippen LogP) is 4.95. The van der Waals surface area contributed by atoms with Crippen LogP contribution in [0.3, 0.4) is 0 Å². The summed E-state index contributed by atoms with van der Waals surface area (Å²) in [7, 11) is 0. The predicted molar refractivity (Wildman–Crippen MR) is 140 cm³/mol. The number of carbonyl (C=O) groups is 2. The molecule has 8 nitrogen and oxygen atoms in total. The van der Waals surface area contributed by atoms with Gasteiger partial charge < -0.3 is 14.5 Å². The number of aromatic nitrogens is 3. The van der Waals surface area contributed by atoms with Gasteiger partial charge in [-0.1, -0.05) is 18.2 Å². The molecule has 3 heterocycles. The van der Waals surface area contributed by atoms with Gasteiger partial charge in [-0.25, -0.2) is 9.78 Å². The van der Waals surface area contributed by atoms with E-state index in [4.69, 9.17) is 9.72 Å². The Morgan fingerprint density at radius 2 is 2.06 bits per heavy atom. The Hall–Kier alpha value is -4.20. The number of nitrogens with zero attached hydrogens (tertiary/aromatic N) is 4. The van der Waals surface area contributed by atoms with Crippen molar-refractivity contribution in [2.24, 2.45) is 0 Å². The molecule has 36 heavy (non-hydrogen) atoms. The molecule has 5 rings (SSSR count). The second-order valence-electron chi connectivity index (χ2n) is 9.21. The standard InChI is InChI=1S/C28H29N5O3/c1-4-5-12-36-28(35)33-11-10-32(17-19(33)3)27(34)21-6-8-23-18(2)13-25(30-26(23)15-21)20-7-9-24-22(14-20)16-29-31-24/h4,6-9,13-16,19H,1,5,10-12,17H2,2-3H3,(H,29,31). The third-order valence-corrected chi connectivity index (χ3v) is 6.70. The van der Waals surface area contributed by atoms with Gasteiger partial charge in [0.2, 0.25) is 0 Å². The van der Waals surface area contributed by atoms with Gasteiger partial charge >= 0.3 is 6.09 Å². The van der Waals surface area contributed by atoms with Crippen LogP contribution in [0, 0.1) is 6.92 Å². The van der Waals surface area contributed by atoms with Gasteiger partial charge in [0, 0.05) is 47.6 Å². The lowest BCUT2D eigenvalue weighted by molar-refractivity contribution is 0.0416. The molecule has 2 aromatic heterocycles. The molecule has 0 radical (unpaired) electrons. The quantitative estimate of drug-likeness (QED) is 0.321. The molecule has 0 aliphatic carbocycles. The third kappa shape index (κ3) is 4.54. The topological polar surface area (TPSA) is 91.4 Å². The summed E-state index contributed by atoms with van der Waals surface area (Å²) in [5, 5.41) is 9.10. The van der Waals surface area contributed by atoms with Gasteiger partial charge in [0.1, 0.15) is 0 Å². The molecule has 2 aromatic carbocycles. The summed E-state index contributed by atoms with van der Waals surface area (Å²) in [6.45, 7) is 9.28. The summed E-state index contributed by atoms with van der Waals surface area (Å²) < 4.78 is 5.30. The van der Waals surface area contributed by atoms with Crippen molar-refractivity contribution in [2.45, 2.75) is 26.3 Å². The molecule has 1 N–H and O–H groups in total. The number of piperazine rings is 1. The first kappa shape index (κ1) is 23.5. The molecule has 8 heteroatoms. The summed E-state index contributed by atoms with van der Waals surface area (Å²) in [4.78, 5) is 34.1. The van der Waals surface area contributed by atoms with Crippen LogP contribution in [0.2, 0.25) is 0 Å². The first-order valence-electron chi connectivity index (χ1n) is 12.1. The summed E-state index contributed by atoms with van der Waals surface area (Å²) in [6.07, 6.45) is 3.79. The summed E-state index contributed by atoms with van der Waals surface area (Å²) in [5.74, 6) is -0.0619. The van der Waals surface area contributed by atoms with E-state index in [1.165, 1.54) is 0 Å². The Labute approximate surface area is 209 Å². The largest absolute Gasteiger partial charge is 0.449 e. The zero-order valence-corrected chi connectivity index (χ0v) is 20.5. The van der Waals surface area contributed by atoms with E-state index in [9.17, 15) is 9.59 Å². The first-order chi connectivity index (χ1) is 17.4. The molecular formula is C28H29N5O3. The van der Waals surface area contributed by atoms with E-state index in [0.717, 1.165) is 38.6 Å². The number of aryl methyl sites for hydroxylation is 1. The minimum atomic E-state index is -0.344. The number of benzene rings is 2. The monoisotopic (exact) mass is 483 g/mol. The van der Waals surface area contributed by atoms with Crippen molar-refractivity contribution < 1.29 is 14.3 Å². The van der Waals surface area contributed by atoms with Crippen LogP contribution in [-0.4, -0.2) is 69.3 Å². The Balaban J connectivity index is 1.36. The smallest absolute Gasteiger partial charge is 0.410 e. The van der Waals surface area contributed by atoms with Crippen molar-refractivity contribution in [1.82, 2.24) is 25.0 Å². The van der Waals surface area contributed by atoms with E-state index >= 15 is 0 Å². The van der Waals surface area contributed by atoms with Crippen LogP contribution < -0.4 is 0 Å². The summed E-state index contributed by atoms with van der Waals surface area (Å²) in [5.41, 5.74) is 5.29. The van der Waals surface area contributed by atoms with Crippen LogP contribution in [-0.2, 0) is 4.74 Å². The maximum atomic E-state index is 13.4. The molecule has 0 bridgehead atoms. The highest BCUT2D eigenvalue weighted by Crippen LogP contribution is 2.27. The lowest BCUT2D eigenvalue weighted by Gasteiger charge is -2.39. The second-order valence-corrected chi connectivity index (χ2v) is 9.21. The van der Waals surface area contributed by atoms with Gasteiger partial charge in [-0.3, -0.25) is 9.89 Å². The highest BCUT2D eigenvalue weighted by Gasteiger charge is 2.31. The number of carbonyl (C=O) groups excluding carboxylic acids is 2. The molecule has 0 spiro atoms. The van der Waals surface area contributed by atoms with Crippen molar-refractivity contribution in [2.75, 3.05) is 26.2 Å². The molecule has 1 aliphatic rings. The number of amides is 2. The molecule has 1 aliphatic heterocycles. The van der Waals surface area contributed by atoms with Crippen LogP contribution in [0.5, 0.6) is 0 Å². The summed E-state index contributed by atoms with van der Waals surface area (Å²) >= 11 is 0. The fourth-order valence-corrected chi connectivity index (χ4v) is 4.69. The van der Waals surface area contributed by atoms with Crippen molar-refractivity contribution in [1.29, 1.82) is 0 Å². The van der Waals surface area contributed by atoms with Gasteiger partial charge in [0.15, 0.2) is 0 Å². The molecule has 1 unspecified atom stereocenters. The van der Waals surface area contributed by atoms with E-state index in [-0.39, 0.29) is 18.0 Å². The van der Waals surface area contributed by atoms with Gasteiger partial charge in [0.05, 0.1) is 29.5 Å². The van der Waals surface area contributed by atoms with E-state index < -0.39 is 0 Å². The van der Waals surface area contributed by atoms with Crippen LogP contribution >= 0.6 is 0 Å². The van der Waals surface area contributed by atoms with Crippen LogP contribution in [0.15, 0.2) is 61.3 Å². The summed E-state index contributed by atoms with van der Waals surface area (Å²) in [6, 6.07) is 13.7. The Kier molecular flexibility index (Phi) is 6.41. The van der Waals surface area contributed by atoms with Crippen molar-refractivity contribution in [3.8, 4) is 11.3 Å². The molecule has 0 saturated carbocycles. The number of ether oxygens (including phenoxy) is 1. The average molecular weight is 484 g/mol. The number of fused-ring (bicyclic) bond motifs is 2. The fourth-order valence-electron chi connectivity index (χ4n) is 4.69. The molecular weight excluding hydrogens is 454 g/mol. The number of nitrogens with one attached hydrogen (secondary N) is 1. The van der Waals surface area contributed by atoms with E-state index in [1.54, 1.807) is 22.1 Å². The number of rotatable bonds is 5. The molecule has 1 saturated heterocycles. The minimum absolute atomic E-state index is 0.0619. The van der Waals surface area contributed by atoms with Gasteiger partial charge in [-0.05, 0) is 56.2 Å². The van der Waals surface area contributed by atoms with Crippen molar-refractivity contribution >= 4 is 33.8 Å². The molecule has 1 atom stereocenters. The first-order valence-corrected chi connectivity index (χ1v) is 12.1. The maximum Gasteiger partial charge on any atom is 0.410 e. The SMILES string of the molecule is C=CCCOC(=O)N1CCN(C(=O)c2ccc3c(C)cc(-c4ccc5[nH]ncc5c4)nc3c2)CC1C. The number of aromatic amines is 1. The average Bonchev–Trinajstić information content (AvgIpc) is 3.36. The highest BCUT2D eigenvalue weighted by molar-refractivity contribution is 5.99. The second kappa shape index (κ2) is 9.81. The van der Waals surface area contributed by atoms with Crippen LogP contribution in [0.25, 0.3) is 33.1 Å². The molecule has 184 valence electrons. The number of pyridine rings is 1. The molecule has 4 aromatic rings. The molecule has 1 fully saturated rings. The fraction of sp³-hybridized carbons (Fsp3) is 0.286. The zero-order chi connectivity index (χ0) is 25.2. The normalized spacial score (nSPS) is 15.9. The zero-order valence-electron chi connectivity index (χ0n) is 20.5. The van der Waals surface area contributed by atoms with Gasteiger partial charge in [-0.15, -0.1) is 6.58 Å². The minimum Gasteiger partial charge on any atom is -0.449 e. The third-order valence-electron chi connectivity index (χ3n) is 6.70. The highest BCUT2D eigenvalue weighted by atomic mass is 16.6. The van der Waals surface area contributed by atoms with E-state index in [1.807, 2.05) is 37.3 Å². The Morgan fingerprint density at radius 1 is 1.19 bits per heavy atom. The molecule has 2 amide bonds. The number of H-pyrrole nitrogens is 1. The Morgan fingerprint density at radius 3 is 2.86 bits per heavy atom. The van der Waals surface area contributed by atoms with E-state index in [2.05, 4.69) is 35.8 Å². The lowest BCUT2D eigenvalue weighted by Crippen LogP contribution is -2.55. The lowest BCUT2D eigenvalue weighted by atomic mass is 10.0. The maximum absolute atomic E-state index is 13.4. The number of hydrogen-bond donors (Lipinski definition) is 1. The van der Waals surface area contributed by atoms with Gasteiger partial charge in [-0.2, -0.15) is 5.10 Å². The number of hydrogen-bond acceptors (Lipinski definition) is 5. The Bertz CT molecular complexity index is 1460. The van der Waals surface area contributed by atoms with Crippen LogP contribution in [0.4, 0.5) is 4.79 Å². The van der Waals surface area contributed by atoms with Crippen molar-refractivity contribution in [3.05, 3.63) is 72.4 Å².